The minimum atomic E-state index is -1.00. The molecule has 1 fully saturated rings. The predicted molar refractivity (Wildman–Crippen MR) is 74.6 cm³/mol. The van der Waals surface area contributed by atoms with E-state index >= 15 is 0 Å². The molecule has 20 heavy (non-hydrogen) atoms. The van der Waals surface area contributed by atoms with E-state index in [1.165, 1.54) is 40.9 Å². The number of hydrogen-bond acceptors (Lipinski definition) is 4. The summed E-state index contributed by atoms with van der Waals surface area (Å²) in [4.78, 5) is 35.3. The monoisotopic (exact) mass is 295 g/mol. The molecule has 1 aliphatic rings. The van der Waals surface area contributed by atoms with Crippen molar-refractivity contribution in [1.82, 2.24) is 4.90 Å². The van der Waals surface area contributed by atoms with Gasteiger partial charge in [0.2, 0.25) is 0 Å². The number of benzene rings is 1. The molecule has 3 amide bonds. The number of primary amides is 1. The van der Waals surface area contributed by atoms with Crippen LogP contribution in [0.2, 0.25) is 0 Å². The molecule has 1 saturated heterocycles. The van der Waals surface area contributed by atoms with E-state index in [1.807, 2.05) is 0 Å². The minimum absolute atomic E-state index is 0.340. The van der Waals surface area contributed by atoms with E-state index in [0.29, 0.717) is 22.9 Å². The normalized spacial score (nSPS) is 17.8. The fourth-order valence-corrected chi connectivity index (χ4v) is 3.00. The van der Waals surface area contributed by atoms with Gasteiger partial charge in [0.1, 0.15) is 6.04 Å². The average molecular weight is 295 g/mol. The molecule has 1 aromatic rings. The number of hydrogen-bond donors (Lipinski definition) is 3. The number of nitrogens with one attached hydrogen (secondary N) is 1. The van der Waals surface area contributed by atoms with Crippen LogP contribution >= 0.6 is 11.8 Å². The number of rotatable bonds is 3. The Hall–Kier alpha value is -2.22. The average Bonchev–Trinajstić information content (AvgIpc) is 2.87. The fourth-order valence-electron chi connectivity index (χ4n) is 1.85. The number of amides is 3. The van der Waals surface area contributed by atoms with Crippen LogP contribution in [0.15, 0.2) is 24.3 Å². The van der Waals surface area contributed by atoms with Gasteiger partial charge in [-0.3, -0.25) is 4.79 Å². The van der Waals surface area contributed by atoms with E-state index in [1.54, 1.807) is 0 Å². The highest BCUT2D eigenvalue weighted by Crippen LogP contribution is 2.23. The summed E-state index contributed by atoms with van der Waals surface area (Å²) < 4.78 is 0. The Balaban J connectivity index is 2.13. The zero-order valence-electron chi connectivity index (χ0n) is 10.4. The molecule has 0 unspecified atom stereocenters. The molecule has 8 heteroatoms. The molecular formula is C12H13N3O4S. The molecular weight excluding hydrogens is 282 g/mol. The van der Waals surface area contributed by atoms with Crippen molar-refractivity contribution in [3.63, 3.8) is 0 Å². The number of aliphatic carboxylic acids is 1. The highest BCUT2D eigenvalue weighted by molar-refractivity contribution is 7.99. The number of nitrogens with two attached hydrogens (primary N) is 1. The predicted octanol–water partition coefficient (Wildman–Crippen LogP) is 0.777. The molecule has 7 nitrogen and oxygen atoms in total. The molecule has 1 atom stereocenters. The fraction of sp³-hybridized carbons (Fsp3) is 0.250. The summed E-state index contributed by atoms with van der Waals surface area (Å²) in [5.74, 6) is -0.595. The topological polar surface area (TPSA) is 113 Å². The maximum Gasteiger partial charge on any atom is 0.327 e. The number of urea groups is 1. The Morgan fingerprint density at radius 1 is 1.30 bits per heavy atom. The van der Waals surface area contributed by atoms with Crippen molar-refractivity contribution in [2.45, 2.75) is 6.04 Å². The Bertz CT molecular complexity index is 546. The number of nitrogens with zero attached hydrogens (tertiary/aromatic N) is 1. The number of carboxylic acid groups (broad SMARTS) is 1. The van der Waals surface area contributed by atoms with Gasteiger partial charge in [0.25, 0.3) is 5.91 Å². The molecule has 0 radical (unpaired) electrons. The van der Waals surface area contributed by atoms with Crippen molar-refractivity contribution in [3.8, 4) is 0 Å². The van der Waals surface area contributed by atoms with E-state index in [-0.39, 0.29) is 5.91 Å². The van der Waals surface area contributed by atoms with Gasteiger partial charge in [-0.2, -0.15) is 0 Å². The van der Waals surface area contributed by atoms with Crippen LogP contribution in [-0.2, 0) is 4.79 Å². The number of carbonyl (C=O) groups is 3. The van der Waals surface area contributed by atoms with Crippen LogP contribution in [0.1, 0.15) is 10.4 Å². The second-order valence-electron chi connectivity index (χ2n) is 4.20. The van der Waals surface area contributed by atoms with Gasteiger partial charge in [0, 0.05) is 17.0 Å². The summed E-state index contributed by atoms with van der Waals surface area (Å²) in [7, 11) is 0. The van der Waals surface area contributed by atoms with Gasteiger partial charge in [0.05, 0.1) is 5.88 Å². The van der Waals surface area contributed by atoms with Crippen LogP contribution in [0.3, 0.4) is 0 Å². The number of carboxylic acids is 1. The summed E-state index contributed by atoms with van der Waals surface area (Å²) in [5, 5.41) is 11.4. The van der Waals surface area contributed by atoms with Gasteiger partial charge in [0.15, 0.2) is 0 Å². The van der Waals surface area contributed by atoms with Gasteiger partial charge in [-0.1, -0.05) is 0 Å². The zero-order valence-corrected chi connectivity index (χ0v) is 11.2. The second-order valence-corrected chi connectivity index (χ2v) is 5.20. The Kier molecular flexibility index (Phi) is 4.14. The first-order valence-electron chi connectivity index (χ1n) is 5.77. The van der Waals surface area contributed by atoms with E-state index < -0.39 is 18.0 Å². The van der Waals surface area contributed by atoms with Crippen LogP contribution in [0.25, 0.3) is 0 Å². The minimum Gasteiger partial charge on any atom is -0.480 e. The molecule has 0 saturated carbocycles. The van der Waals surface area contributed by atoms with Crippen LogP contribution in [0, 0.1) is 0 Å². The highest BCUT2D eigenvalue weighted by atomic mass is 32.2. The van der Waals surface area contributed by atoms with Crippen LogP contribution in [0.5, 0.6) is 0 Å². The molecule has 1 heterocycles. The van der Waals surface area contributed by atoms with Crippen molar-refractivity contribution < 1.29 is 19.5 Å². The van der Waals surface area contributed by atoms with Crippen LogP contribution in [-0.4, -0.2) is 45.6 Å². The Morgan fingerprint density at radius 3 is 2.50 bits per heavy atom. The lowest BCUT2D eigenvalue weighted by atomic mass is 10.1. The second kappa shape index (κ2) is 5.83. The maximum atomic E-state index is 12.2. The lowest BCUT2D eigenvalue weighted by molar-refractivity contribution is -0.140. The van der Waals surface area contributed by atoms with Gasteiger partial charge in [-0.25, -0.2) is 9.59 Å². The largest absolute Gasteiger partial charge is 0.480 e. The third-order valence-electron chi connectivity index (χ3n) is 2.83. The van der Waals surface area contributed by atoms with Gasteiger partial charge >= 0.3 is 12.0 Å². The number of carbonyl (C=O) groups excluding carboxylic acids is 2. The van der Waals surface area contributed by atoms with Crippen molar-refractivity contribution >= 4 is 35.4 Å². The lowest BCUT2D eigenvalue weighted by Gasteiger charge is -2.20. The van der Waals surface area contributed by atoms with Crippen molar-refractivity contribution in [3.05, 3.63) is 29.8 Å². The Labute approximate surface area is 119 Å². The molecule has 106 valence electrons. The molecule has 4 N–H and O–H groups in total. The van der Waals surface area contributed by atoms with E-state index in [9.17, 15) is 14.4 Å². The van der Waals surface area contributed by atoms with Crippen LogP contribution < -0.4 is 11.1 Å². The Morgan fingerprint density at radius 2 is 1.95 bits per heavy atom. The molecule has 2 rings (SSSR count). The third kappa shape index (κ3) is 3.02. The summed E-state index contributed by atoms with van der Waals surface area (Å²) in [6.07, 6.45) is 0. The summed E-state index contributed by atoms with van der Waals surface area (Å²) in [6.45, 7) is 0. The highest BCUT2D eigenvalue weighted by Gasteiger charge is 2.34. The van der Waals surface area contributed by atoms with Gasteiger partial charge in [-0.05, 0) is 24.3 Å². The van der Waals surface area contributed by atoms with Crippen molar-refractivity contribution in [2.24, 2.45) is 5.73 Å². The van der Waals surface area contributed by atoms with Crippen molar-refractivity contribution in [1.29, 1.82) is 0 Å². The van der Waals surface area contributed by atoms with E-state index in [2.05, 4.69) is 5.32 Å². The first-order valence-corrected chi connectivity index (χ1v) is 6.92. The summed E-state index contributed by atoms with van der Waals surface area (Å²) in [6, 6.07) is 4.64. The molecule has 0 aliphatic carbocycles. The molecule has 0 aromatic heterocycles. The molecule has 0 spiro atoms. The quantitative estimate of drug-likeness (QED) is 0.762. The smallest absolute Gasteiger partial charge is 0.327 e. The first-order chi connectivity index (χ1) is 9.49. The van der Waals surface area contributed by atoms with E-state index in [4.69, 9.17) is 10.8 Å². The third-order valence-corrected chi connectivity index (χ3v) is 3.84. The van der Waals surface area contributed by atoms with E-state index in [0.717, 1.165) is 0 Å². The van der Waals surface area contributed by atoms with Gasteiger partial charge < -0.3 is 21.1 Å². The maximum absolute atomic E-state index is 12.2. The molecule has 1 aromatic carbocycles. The first kappa shape index (κ1) is 14.2. The number of thioether (sulfide) groups is 1. The number of anilines is 1. The SMILES string of the molecule is NC(=O)Nc1ccc(C(=O)N2CSC[C@H]2C(=O)O)cc1. The summed E-state index contributed by atoms with van der Waals surface area (Å²) >= 11 is 1.40. The zero-order chi connectivity index (χ0) is 14.7. The summed E-state index contributed by atoms with van der Waals surface area (Å²) in [5.41, 5.74) is 5.82. The standard InChI is InChI=1S/C12H13N3O4S/c13-12(19)14-8-3-1-7(2-4-8)10(16)15-6-20-5-9(15)11(17)18/h1-4,9H,5-6H2,(H,17,18)(H3,13,14,19)/t9-/m0/s1. The van der Waals surface area contributed by atoms with Gasteiger partial charge in [-0.15, -0.1) is 11.8 Å². The van der Waals surface area contributed by atoms with Crippen LogP contribution in [0.4, 0.5) is 10.5 Å². The molecule has 0 bridgehead atoms. The molecule has 1 aliphatic heterocycles. The van der Waals surface area contributed by atoms with Crippen molar-refractivity contribution in [2.75, 3.05) is 16.9 Å². The lowest BCUT2D eigenvalue weighted by Crippen LogP contribution is -2.41.